The fourth-order valence-corrected chi connectivity index (χ4v) is 3.39. The molecule has 0 saturated heterocycles. The second-order valence-electron chi connectivity index (χ2n) is 6.74. The van der Waals surface area contributed by atoms with Crippen LogP contribution in [0.4, 0.5) is 11.4 Å². The molecule has 10 N–H and O–H groups in total. The Morgan fingerprint density at radius 2 is 1.69 bits per heavy atom. The Labute approximate surface area is 187 Å². The maximum Gasteiger partial charge on any atom is 0.250 e. The predicted octanol–water partition coefficient (Wildman–Crippen LogP) is 2.93. The lowest BCUT2D eigenvalue weighted by atomic mass is 9.99. The number of fused-ring (bicyclic) bond motifs is 1. The molecule has 162 valence electrons. The van der Waals surface area contributed by atoms with Crippen molar-refractivity contribution in [2.75, 3.05) is 11.5 Å². The van der Waals surface area contributed by atoms with Crippen LogP contribution in [-0.4, -0.2) is 28.2 Å². The zero-order valence-corrected chi connectivity index (χ0v) is 17.5. The Bertz CT molecular complexity index is 1350. The van der Waals surface area contributed by atoms with Gasteiger partial charge in [0.15, 0.2) is 0 Å². The number of anilines is 2. The van der Waals surface area contributed by atoms with Gasteiger partial charge in [-0.1, -0.05) is 29.8 Å². The highest BCUT2D eigenvalue weighted by Crippen LogP contribution is 2.30. The van der Waals surface area contributed by atoms with Crippen molar-refractivity contribution in [2.24, 2.45) is 11.5 Å². The fraction of sp³-hybridized carbons (Fsp3) is 0. The summed E-state index contributed by atoms with van der Waals surface area (Å²) in [6.45, 7) is 0. The quantitative estimate of drug-likeness (QED) is 0.205. The van der Waals surface area contributed by atoms with E-state index in [4.69, 9.17) is 39.9 Å². The lowest BCUT2D eigenvalue weighted by molar-refractivity contribution is 0.0993. The van der Waals surface area contributed by atoms with Gasteiger partial charge in [-0.3, -0.25) is 14.7 Å². The molecule has 9 nitrogen and oxygen atoms in total. The molecular formula is C22H20ClN7O2. The normalized spacial score (nSPS) is 10.3. The Balaban J connectivity index is 0.000000195. The van der Waals surface area contributed by atoms with Gasteiger partial charge in [-0.25, -0.2) is 0 Å². The van der Waals surface area contributed by atoms with Crippen LogP contribution in [0.5, 0.6) is 0 Å². The summed E-state index contributed by atoms with van der Waals surface area (Å²) in [5.41, 5.74) is 26.1. The van der Waals surface area contributed by atoms with E-state index in [1.807, 2.05) is 30.3 Å². The summed E-state index contributed by atoms with van der Waals surface area (Å²) < 4.78 is 0. The number of amides is 2. The number of hydrogen-bond acceptors (Lipinski definition) is 6. The molecule has 4 aromatic rings. The molecule has 10 heteroatoms. The Hall–Kier alpha value is -4.37. The monoisotopic (exact) mass is 449 g/mol. The van der Waals surface area contributed by atoms with Gasteiger partial charge in [-0.2, -0.15) is 5.10 Å². The first-order valence-electron chi connectivity index (χ1n) is 9.24. The van der Waals surface area contributed by atoms with Crippen LogP contribution in [0.1, 0.15) is 26.3 Å². The number of halogens is 1. The van der Waals surface area contributed by atoms with Gasteiger partial charge in [0.2, 0.25) is 0 Å². The molecule has 2 amide bonds. The topological polar surface area (TPSA) is 191 Å². The largest absolute Gasteiger partial charge is 0.399 e. The highest BCUT2D eigenvalue weighted by molar-refractivity contribution is 6.34. The summed E-state index contributed by atoms with van der Waals surface area (Å²) in [6, 6.07) is 14.0. The molecule has 0 unspecified atom stereocenters. The molecule has 1 heterocycles. The number of H-pyrrole nitrogens is 1. The van der Waals surface area contributed by atoms with E-state index in [0.29, 0.717) is 27.4 Å². The average molecular weight is 450 g/mol. The van der Waals surface area contributed by atoms with Crippen molar-refractivity contribution in [3.63, 3.8) is 0 Å². The zero-order valence-electron chi connectivity index (χ0n) is 16.7. The standard InChI is InChI=1S/C14H12N4O.C8H8ClN3O/c15-9-3-1-2-8(6-9)10-4-5-11(14(16)19)13-12(10)7-17-18-13;9-6-2-1-4(8(12)13)7(11)5(6)3-10/h1-7H,15H2,(H2,16,19)(H,17,18);1-3,10H,11H2,(H2,12,13). The highest BCUT2D eigenvalue weighted by atomic mass is 35.5. The maximum absolute atomic E-state index is 11.4. The van der Waals surface area contributed by atoms with Gasteiger partial charge in [-0.15, -0.1) is 0 Å². The van der Waals surface area contributed by atoms with Crippen LogP contribution < -0.4 is 22.9 Å². The third kappa shape index (κ3) is 4.37. The Morgan fingerprint density at radius 1 is 1.00 bits per heavy atom. The molecule has 0 spiro atoms. The van der Waals surface area contributed by atoms with Gasteiger partial charge in [0, 0.05) is 22.9 Å². The summed E-state index contributed by atoms with van der Waals surface area (Å²) in [7, 11) is 0. The van der Waals surface area contributed by atoms with Crippen LogP contribution in [-0.2, 0) is 0 Å². The number of nitrogens with zero attached hydrogens (tertiary/aromatic N) is 1. The first-order chi connectivity index (χ1) is 15.2. The second-order valence-corrected chi connectivity index (χ2v) is 7.15. The van der Waals surface area contributed by atoms with E-state index in [0.717, 1.165) is 22.7 Å². The number of aromatic amines is 1. The predicted molar refractivity (Wildman–Crippen MR) is 127 cm³/mol. The van der Waals surface area contributed by atoms with Crippen LogP contribution in [0.25, 0.3) is 22.0 Å². The Kier molecular flexibility index (Phi) is 6.41. The molecule has 0 aliphatic carbocycles. The average Bonchev–Trinajstić information content (AvgIpc) is 3.23. The van der Waals surface area contributed by atoms with Crippen molar-refractivity contribution in [1.82, 2.24) is 10.2 Å². The molecule has 0 aliphatic heterocycles. The summed E-state index contributed by atoms with van der Waals surface area (Å²) in [6.07, 6.45) is 2.67. The third-order valence-electron chi connectivity index (χ3n) is 4.72. The number of nitrogens with one attached hydrogen (secondary N) is 2. The van der Waals surface area contributed by atoms with Gasteiger partial charge < -0.3 is 28.3 Å². The number of nitrogen functional groups attached to an aromatic ring is 2. The van der Waals surface area contributed by atoms with Crippen LogP contribution in [0, 0.1) is 5.41 Å². The van der Waals surface area contributed by atoms with Gasteiger partial charge >= 0.3 is 0 Å². The van der Waals surface area contributed by atoms with Gasteiger partial charge in [0.05, 0.1) is 33.6 Å². The van der Waals surface area contributed by atoms with Crippen LogP contribution in [0.2, 0.25) is 5.02 Å². The van der Waals surface area contributed by atoms with E-state index in [1.165, 1.54) is 12.1 Å². The number of carbonyl (C=O) groups is 2. The molecule has 32 heavy (non-hydrogen) atoms. The SMILES string of the molecule is N=Cc1c(Cl)ccc(C(N)=O)c1N.NC(=O)c1ccc(-c2cccc(N)c2)c2cn[nH]c12. The molecule has 0 aliphatic rings. The van der Waals surface area contributed by atoms with Gasteiger partial charge in [0.1, 0.15) is 0 Å². The highest BCUT2D eigenvalue weighted by Gasteiger charge is 2.13. The Morgan fingerprint density at radius 3 is 2.31 bits per heavy atom. The van der Waals surface area contributed by atoms with E-state index >= 15 is 0 Å². The summed E-state index contributed by atoms with van der Waals surface area (Å²) in [5.74, 6) is -1.11. The minimum atomic E-state index is -0.628. The number of hydrogen-bond donors (Lipinski definition) is 6. The van der Waals surface area contributed by atoms with Crippen molar-refractivity contribution < 1.29 is 9.59 Å². The number of benzene rings is 3. The molecule has 0 atom stereocenters. The first-order valence-corrected chi connectivity index (χ1v) is 9.62. The van der Waals surface area contributed by atoms with E-state index in [-0.39, 0.29) is 11.3 Å². The van der Waals surface area contributed by atoms with E-state index < -0.39 is 11.8 Å². The molecule has 3 aromatic carbocycles. The first kappa shape index (κ1) is 22.3. The summed E-state index contributed by atoms with van der Waals surface area (Å²) in [4.78, 5) is 22.2. The number of aromatic nitrogens is 2. The van der Waals surface area contributed by atoms with Crippen molar-refractivity contribution in [3.05, 3.63) is 76.4 Å². The maximum atomic E-state index is 11.4. The molecule has 1 aromatic heterocycles. The molecule has 0 saturated carbocycles. The molecular weight excluding hydrogens is 430 g/mol. The zero-order chi connectivity index (χ0) is 23.4. The molecule has 0 fully saturated rings. The smallest absolute Gasteiger partial charge is 0.250 e. The van der Waals surface area contributed by atoms with Crippen LogP contribution in [0.15, 0.2) is 54.7 Å². The van der Waals surface area contributed by atoms with Crippen molar-refractivity contribution in [1.29, 1.82) is 5.41 Å². The van der Waals surface area contributed by atoms with E-state index in [2.05, 4.69) is 10.2 Å². The van der Waals surface area contributed by atoms with Crippen LogP contribution in [0.3, 0.4) is 0 Å². The van der Waals surface area contributed by atoms with Crippen molar-refractivity contribution in [2.45, 2.75) is 0 Å². The van der Waals surface area contributed by atoms with E-state index in [1.54, 1.807) is 12.3 Å². The number of carbonyl (C=O) groups excluding carboxylic acids is 2. The van der Waals surface area contributed by atoms with Crippen molar-refractivity contribution >= 4 is 51.9 Å². The molecule has 0 bridgehead atoms. The lowest BCUT2D eigenvalue weighted by Crippen LogP contribution is -2.14. The van der Waals surface area contributed by atoms with Gasteiger partial charge in [0.25, 0.3) is 11.8 Å². The summed E-state index contributed by atoms with van der Waals surface area (Å²) >= 11 is 5.72. The number of rotatable bonds is 4. The second kappa shape index (κ2) is 9.19. The fourth-order valence-electron chi connectivity index (χ4n) is 3.17. The lowest BCUT2D eigenvalue weighted by Gasteiger charge is -2.06. The van der Waals surface area contributed by atoms with E-state index in [9.17, 15) is 9.59 Å². The van der Waals surface area contributed by atoms with Gasteiger partial charge in [-0.05, 0) is 41.5 Å². The number of primary amides is 2. The molecule has 0 radical (unpaired) electrons. The van der Waals surface area contributed by atoms with Crippen LogP contribution >= 0.6 is 11.6 Å². The minimum absolute atomic E-state index is 0.148. The third-order valence-corrected chi connectivity index (χ3v) is 5.05. The van der Waals surface area contributed by atoms with Crippen molar-refractivity contribution in [3.8, 4) is 11.1 Å². The minimum Gasteiger partial charge on any atom is -0.399 e. The number of nitrogens with two attached hydrogens (primary N) is 4. The molecule has 4 rings (SSSR count). The summed E-state index contributed by atoms with van der Waals surface area (Å²) in [5, 5.41) is 15.0.